The molecule has 0 amide bonds. The topological polar surface area (TPSA) is 45.4 Å². The van der Waals surface area contributed by atoms with E-state index in [-0.39, 0.29) is 0 Å². The van der Waals surface area contributed by atoms with Crippen LogP contribution in [0.25, 0.3) is 0 Å². The van der Waals surface area contributed by atoms with E-state index in [0.29, 0.717) is 11.3 Å². The molecule has 1 aromatic carbocycles. The fourth-order valence-corrected chi connectivity index (χ4v) is 1.37. The zero-order valence-electron chi connectivity index (χ0n) is 8.11. The van der Waals surface area contributed by atoms with Gasteiger partial charge in [-0.1, -0.05) is 0 Å². The second kappa shape index (κ2) is 4.89. The summed E-state index contributed by atoms with van der Waals surface area (Å²) < 4.78 is 1.11. The summed E-state index contributed by atoms with van der Waals surface area (Å²) in [7, 11) is 0. The standard InChI is InChI=1S/C10H9N2O.Ga/c1-8(2)12-13-10-6-4-3-5-9(10)7-11;/h3,5-6H,1-2H3;. The van der Waals surface area contributed by atoms with Crippen molar-refractivity contribution in [1.82, 2.24) is 0 Å². The number of benzene rings is 1. The Morgan fingerprint density at radius 2 is 2.21 bits per heavy atom. The van der Waals surface area contributed by atoms with E-state index in [1.165, 1.54) is 18.6 Å². The Bertz CT molecular complexity index is 403. The van der Waals surface area contributed by atoms with Gasteiger partial charge in [0.15, 0.2) is 0 Å². The van der Waals surface area contributed by atoms with Crippen molar-refractivity contribution in [2.24, 2.45) is 5.16 Å². The van der Waals surface area contributed by atoms with E-state index < -0.39 is 0 Å². The van der Waals surface area contributed by atoms with Crippen molar-refractivity contribution in [3.05, 3.63) is 23.8 Å². The van der Waals surface area contributed by atoms with Crippen LogP contribution >= 0.6 is 0 Å². The van der Waals surface area contributed by atoms with E-state index in [1.54, 1.807) is 6.07 Å². The molecule has 0 spiro atoms. The predicted octanol–water partition coefficient (Wildman–Crippen LogP) is 1.13. The molecule has 68 valence electrons. The van der Waals surface area contributed by atoms with Gasteiger partial charge in [0.05, 0.1) is 0 Å². The van der Waals surface area contributed by atoms with E-state index in [1.807, 2.05) is 26.0 Å². The number of nitrogens with zero attached hydrogens (tertiary/aromatic N) is 2. The number of hydrogen-bond donors (Lipinski definition) is 0. The zero-order valence-corrected chi connectivity index (χ0v) is 10.5. The molecule has 0 heterocycles. The molecule has 0 saturated carbocycles. The maximum absolute atomic E-state index is 8.80. The predicted molar refractivity (Wildman–Crippen MR) is 56.0 cm³/mol. The summed E-state index contributed by atoms with van der Waals surface area (Å²) >= 11 is 1.49. The Hall–Kier alpha value is -1.18. The van der Waals surface area contributed by atoms with Crippen molar-refractivity contribution in [2.75, 3.05) is 0 Å². The zero-order chi connectivity index (χ0) is 10.6. The summed E-state index contributed by atoms with van der Waals surface area (Å²) in [5.74, 6) is 0.524. The van der Waals surface area contributed by atoms with Gasteiger partial charge in [-0.2, -0.15) is 0 Å². The maximum atomic E-state index is 8.80. The third kappa shape index (κ3) is 2.94. The first-order chi connectivity index (χ1) is 6.63. The van der Waals surface area contributed by atoms with Crippen molar-refractivity contribution in [1.29, 1.82) is 5.26 Å². The van der Waals surface area contributed by atoms with Crippen molar-refractivity contribution in [2.45, 2.75) is 13.8 Å². The molecular formula is C10H9GaN2O. The first-order valence-corrected chi connectivity index (χ1v) is 5.32. The molecule has 0 atom stereocenters. The summed E-state index contributed by atoms with van der Waals surface area (Å²) in [6.07, 6.45) is 0. The average molecular weight is 243 g/mol. The van der Waals surface area contributed by atoms with Crippen LogP contribution in [0, 0.1) is 11.3 Å². The molecular weight excluding hydrogens is 234 g/mol. The Labute approximate surface area is 93.3 Å². The molecule has 1 rings (SSSR count). The average Bonchev–Trinajstić information content (AvgIpc) is 2.15. The van der Waals surface area contributed by atoms with Crippen molar-refractivity contribution in [3.8, 4) is 11.8 Å². The van der Waals surface area contributed by atoms with E-state index >= 15 is 0 Å². The number of oxime groups is 1. The van der Waals surface area contributed by atoms with Gasteiger partial charge < -0.3 is 0 Å². The second-order valence-electron chi connectivity index (χ2n) is 3.00. The molecule has 4 heteroatoms. The van der Waals surface area contributed by atoms with Crippen LogP contribution in [-0.2, 0) is 0 Å². The summed E-state index contributed by atoms with van der Waals surface area (Å²) in [4.78, 5) is 5.15. The Morgan fingerprint density at radius 1 is 1.50 bits per heavy atom. The van der Waals surface area contributed by atoms with Gasteiger partial charge >= 0.3 is 93.1 Å². The SMILES string of the molecule is CC(C)=NOc1c[c]([Ga])ccc1C#N. The van der Waals surface area contributed by atoms with Gasteiger partial charge in [-0.05, 0) is 0 Å². The summed E-state index contributed by atoms with van der Waals surface area (Å²) in [5.41, 5.74) is 1.33. The van der Waals surface area contributed by atoms with Gasteiger partial charge in [-0.25, -0.2) is 0 Å². The minimum absolute atomic E-state index is 0.511. The number of hydrogen-bond acceptors (Lipinski definition) is 3. The van der Waals surface area contributed by atoms with Crippen molar-refractivity contribution >= 4 is 28.4 Å². The molecule has 0 aliphatic heterocycles. The fourth-order valence-electron chi connectivity index (χ4n) is 0.847. The second-order valence-corrected chi connectivity index (χ2v) is 4.40. The number of nitriles is 1. The van der Waals surface area contributed by atoms with Crippen LogP contribution in [0.1, 0.15) is 19.4 Å². The summed E-state index contributed by atoms with van der Waals surface area (Å²) in [6, 6.07) is 7.52. The van der Waals surface area contributed by atoms with Crippen LogP contribution in [0.2, 0.25) is 0 Å². The molecule has 14 heavy (non-hydrogen) atoms. The van der Waals surface area contributed by atoms with E-state index in [2.05, 4.69) is 11.2 Å². The van der Waals surface area contributed by atoms with E-state index in [9.17, 15) is 0 Å². The Morgan fingerprint density at radius 3 is 2.79 bits per heavy atom. The van der Waals surface area contributed by atoms with Crippen LogP contribution < -0.4 is 8.96 Å². The van der Waals surface area contributed by atoms with Gasteiger partial charge in [-0.15, -0.1) is 0 Å². The quantitative estimate of drug-likeness (QED) is 0.444. The van der Waals surface area contributed by atoms with Gasteiger partial charge in [0.2, 0.25) is 0 Å². The van der Waals surface area contributed by atoms with Gasteiger partial charge in [-0.3, -0.25) is 0 Å². The molecule has 3 nitrogen and oxygen atoms in total. The normalized spacial score (nSPS) is 8.93. The van der Waals surface area contributed by atoms with Gasteiger partial charge in [0, 0.05) is 0 Å². The summed E-state index contributed by atoms with van der Waals surface area (Å²) in [6.45, 7) is 3.68. The minimum atomic E-state index is 0.511. The Balaban J connectivity index is 3.01. The molecule has 2 radical (unpaired) electrons. The molecule has 0 fully saturated rings. The molecule has 0 aromatic heterocycles. The molecule has 0 aliphatic rings. The van der Waals surface area contributed by atoms with Crippen molar-refractivity contribution < 1.29 is 4.84 Å². The van der Waals surface area contributed by atoms with Crippen LogP contribution in [0.15, 0.2) is 23.4 Å². The van der Waals surface area contributed by atoms with Crippen molar-refractivity contribution in [3.63, 3.8) is 0 Å². The van der Waals surface area contributed by atoms with Gasteiger partial charge in [0.1, 0.15) is 0 Å². The molecule has 0 bridgehead atoms. The molecule has 0 aliphatic carbocycles. The van der Waals surface area contributed by atoms with Crippen LogP contribution in [-0.4, -0.2) is 24.3 Å². The third-order valence-electron chi connectivity index (χ3n) is 1.45. The molecule has 1 aromatic rings. The third-order valence-corrected chi connectivity index (χ3v) is 2.21. The first kappa shape index (κ1) is 10.9. The fraction of sp³-hybridized carbons (Fsp3) is 0.200. The van der Waals surface area contributed by atoms with E-state index in [0.717, 1.165) is 9.83 Å². The summed E-state index contributed by atoms with van der Waals surface area (Å²) in [5, 5.41) is 12.6. The van der Waals surface area contributed by atoms with Crippen LogP contribution in [0.4, 0.5) is 0 Å². The Kier molecular flexibility index (Phi) is 3.80. The molecule has 0 N–H and O–H groups in total. The van der Waals surface area contributed by atoms with Gasteiger partial charge in [0.25, 0.3) is 0 Å². The molecule has 0 saturated heterocycles. The number of rotatable bonds is 2. The van der Waals surface area contributed by atoms with Crippen LogP contribution in [0.5, 0.6) is 5.75 Å². The van der Waals surface area contributed by atoms with Crippen LogP contribution in [0.3, 0.4) is 0 Å². The van der Waals surface area contributed by atoms with E-state index in [4.69, 9.17) is 10.1 Å². The monoisotopic (exact) mass is 242 g/mol. The first-order valence-electron chi connectivity index (χ1n) is 4.11. The molecule has 0 unspecified atom stereocenters.